The van der Waals surface area contributed by atoms with Crippen LogP contribution in [0.25, 0.3) is 11.5 Å². The minimum atomic E-state index is -0.0417. The van der Waals surface area contributed by atoms with Crippen LogP contribution in [-0.4, -0.2) is 73.0 Å². The number of aryl methyl sites for hydroxylation is 1. The number of nitrogens with zero attached hydrogens (tertiary/aromatic N) is 4. The van der Waals surface area contributed by atoms with Gasteiger partial charge in [-0.25, -0.2) is 4.98 Å². The number of nitrogens with one attached hydrogen (secondary N) is 1. The van der Waals surface area contributed by atoms with Crippen molar-refractivity contribution in [2.45, 2.75) is 33.7 Å². The van der Waals surface area contributed by atoms with E-state index in [0.717, 1.165) is 75.8 Å². The predicted molar refractivity (Wildman–Crippen MR) is 145 cm³/mol. The van der Waals surface area contributed by atoms with E-state index < -0.39 is 0 Å². The van der Waals surface area contributed by atoms with Crippen molar-refractivity contribution in [3.63, 3.8) is 0 Å². The van der Waals surface area contributed by atoms with E-state index in [4.69, 9.17) is 9.40 Å². The van der Waals surface area contributed by atoms with Gasteiger partial charge in [0.2, 0.25) is 5.89 Å². The molecule has 192 valence electrons. The van der Waals surface area contributed by atoms with Gasteiger partial charge in [0.05, 0.1) is 5.69 Å². The second-order valence-electron chi connectivity index (χ2n) is 9.33. The minimum absolute atomic E-state index is 0.0417. The van der Waals surface area contributed by atoms with Gasteiger partial charge >= 0.3 is 0 Å². The summed E-state index contributed by atoms with van der Waals surface area (Å²) in [5.41, 5.74) is 3.81. The maximum atomic E-state index is 12.5. The van der Waals surface area contributed by atoms with Gasteiger partial charge in [-0.2, -0.15) is 0 Å². The summed E-state index contributed by atoms with van der Waals surface area (Å²) in [4.78, 5) is 24.5. The zero-order valence-corrected chi connectivity index (χ0v) is 21.9. The molecule has 1 aliphatic heterocycles. The first-order chi connectivity index (χ1) is 17.6. The monoisotopic (exact) mass is 489 g/mol. The fourth-order valence-electron chi connectivity index (χ4n) is 4.62. The molecule has 0 unspecified atom stereocenters. The van der Waals surface area contributed by atoms with Crippen molar-refractivity contribution in [3.05, 3.63) is 71.6 Å². The number of oxazole rings is 1. The molecule has 0 aliphatic carbocycles. The van der Waals surface area contributed by atoms with Crippen LogP contribution in [0.5, 0.6) is 0 Å². The van der Waals surface area contributed by atoms with Crippen LogP contribution in [0.1, 0.15) is 42.1 Å². The largest absolute Gasteiger partial charge is 0.441 e. The number of hydrogen-bond donors (Lipinski definition) is 1. The molecule has 36 heavy (non-hydrogen) atoms. The van der Waals surface area contributed by atoms with Crippen LogP contribution < -0.4 is 10.2 Å². The Morgan fingerprint density at radius 3 is 2.36 bits per heavy atom. The Morgan fingerprint density at radius 1 is 1.00 bits per heavy atom. The minimum Gasteiger partial charge on any atom is -0.441 e. The summed E-state index contributed by atoms with van der Waals surface area (Å²) < 4.78 is 6.00. The number of rotatable bonds is 11. The zero-order valence-electron chi connectivity index (χ0n) is 21.9. The molecule has 0 atom stereocenters. The fourth-order valence-corrected chi connectivity index (χ4v) is 4.62. The summed E-state index contributed by atoms with van der Waals surface area (Å²) in [7, 11) is 0. The first-order valence-electron chi connectivity index (χ1n) is 13.2. The number of aromatic nitrogens is 1. The lowest BCUT2D eigenvalue weighted by Gasteiger charge is -2.35. The van der Waals surface area contributed by atoms with Crippen molar-refractivity contribution in [1.82, 2.24) is 20.1 Å². The number of amides is 1. The van der Waals surface area contributed by atoms with Crippen molar-refractivity contribution in [2.75, 3.05) is 57.3 Å². The third-order valence-electron chi connectivity index (χ3n) is 6.98. The average Bonchev–Trinajstić information content (AvgIpc) is 3.29. The summed E-state index contributed by atoms with van der Waals surface area (Å²) in [6.45, 7) is 14.9. The number of piperazine rings is 1. The highest BCUT2D eigenvalue weighted by Crippen LogP contribution is 2.24. The van der Waals surface area contributed by atoms with Crippen molar-refractivity contribution in [1.29, 1.82) is 0 Å². The molecule has 7 nitrogen and oxygen atoms in total. The Hall–Kier alpha value is -3.16. The summed E-state index contributed by atoms with van der Waals surface area (Å²) in [5, 5.41) is 3.02. The molecule has 1 fully saturated rings. The quantitative estimate of drug-likeness (QED) is 0.402. The van der Waals surface area contributed by atoms with Gasteiger partial charge in [-0.15, -0.1) is 0 Å². The van der Waals surface area contributed by atoms with Crippen LogP contribution in [0.15, 0.2) is 59.0 Å². The Labute approximate surface area is 215 Å². The van der Waals surface area contributed by atoms with E-state index in [9.17, 15) is 4.79 Å². The number of anilines is 1. The molecular weight excluding hydrogens is 450 g/mol. The third kappa shape index (κ3) is 6.74. The molecule has 0 spiro atoms. The van der Waals surface area contributed by atoms with E-state index in [2.05, 4.69) is 64.2 Å². The van der Waals surface area contributed by atoms with Gasteiger partial charge in [0.25, 0.3) is 5.91 Å². The van der Waals surface area contributed by atoms with Gasteiger partial charge in [0, 0.05) is 56.1 Å². The van der Waals surface area contributed by atoms with Crippen LogP contribution in [0.3, 0.4) is 0 Å². The van der Waals surface area contributed by atoms with Gasteiger partial charge in [-0.3, -0.25) is 9.69 Å². The molecule has 1 N–H and O–H groups in total. The molecule has 0 saturated carbocycles. The lowest BCUT2D eigenvalue weighted by Crippen LogP contribution is -2.46. The third-order valence-corrected chi connectivity index (χ3v) is 6.98. The molecule has 1 aromatic heterocycles. The van der Waals surface area contributed by atoms with E-state index in [-0.39, 0.29) is 5.91 Å². The number of carbonyl (C=O) groups excluding carboxylic acids is 1. The fraction of sp³-hybridized carbons (Fsp3) is 0.448. The second-order valence-corrected chi connectivity index (χ2v) is 9.33. The van der Waals surface area contributed by atoms with E-state index in [1.165, 1.54) is 5.69 Å². The predicted octanol–water partition coefficient (Wildman–Crippen LogP) is 4.43. The molecule has 3 aromatic rings. The number of hydrogen-bond acceptors (Lipinski definition) is 6. The molecule has 2 aromatic carbocycles. The van der Waals surface area contributed by atoms with Crippen LogP contribution in [-0.2, 0) is 6.54 Å². The molecule has 1 amide bonds. The SMILES string of the molecule is CCN(CC)CCCNC(=O)c1ccc(-c2nc(CN3CCN(c4ccccc4)CC3)c(C)o2)cc1. The first-order valence-corrected chi connectivity index (χ1v) is 13.2. The lowest BCUT2D eigenvalue weighted by atomic mass is 10.1. The highest BCUT2D eigenvalue weighted by Gasteiger charge is 2.20. The van der Waals surface area contributed by atoms with Crippen LogP contribution >= 0.6 is 0 Å². The molecule has 0 bridgehead atoms. The Bertz CT molecular complexity index is 1080. The Balaban J connectivity index is 1.28. The van der Waals surface area contributed by atoms with Crippen LogP contribution in [0.2, 0.25) is 0 Å². The maximum Gasteiger partial charge on any atom is 0.251 e. The van der Waals surface area contributed by atoms with Gasteiger partial charge in [-0.1, -0.05) is 32.0 Å². The summed E-state index contributed by atoms with van der Waals surface area (Å²) in [5.74, 6) is 1.42. The van der Waals surface area contributed by atoms with E-state index in [1.54, 1.807) is 0 Å². The molecule has 0 radical (unpaired) electrons. The summed E-state index contributed by atoms with van der Waals surface area (Å²) in [6, 6.07) is 18.1. The molecule has 2 heterocycles. The first kappa shape index (κ1) is 25.9. The van der Waals surface area contributed by atoms with E-state index in [0.29, 0.717) is 18.0 Å². The highest BCUT2D eigenvalue weighted by atomic mass is 16.4. The van der Waals surface area contributed by atoms with Gasteiger partial charge in [-0.05, 0) is 69.4 Å². The molecular formula is C29H39N5O2. The lowest BCUT2D eigenvalue weighted by molar-refractivity contribution is 0.0952. The number of benzene rings is 2. The Kier molecular flexibility index (Phi) is 9.14. The maximum absolute atomic E-state index is 12.5. The number of carbonyl (C=O) groups is 1. The molecule has 4 rings (SSSR count). The zero-order chi connectivity index (χ0) is 25.3. The molecule has 1 saturated heterocycles. The standard InChI is InChI=1S/C29H39N5O2/c1-4-32(5-2)17-9-16-30-28(35)24-12-14-25(15-13-24)29-31-27(23(3)36-29)22-33-18-20-34(21-19-33)26-10-7-6-8-11-26/h6-8,10-15H,4-5,9,16-22H2,1-3H3,(H,30,35). The van der Waals surface area contributed by atoms with Gasteiger partial charge in [0.1, 0.15) is 5.76 Å². The smallest absolute Gasteiger partial charge is 0.251 e. The number of para-hydroxylation sites is 1. The van der Waals surface area contributed by atoms with Crippen LogP contribution in [0.4, 0.5) is 5.69 Å². The topological polar surface area (TPSA) is 64.9 Å². The van der Waals surface area contributed by atoms with Crippen molar-refractivity contribution >= 4 is 11.6 Å². The molecule has 1 aliphatic rings. The van der Waals surface area contributed by atoms with E-state index >= 15 is 0 Å². The van der Waals surface area contributed by atoms with Crippen molar-refractivity contribution in [2.24, 2.45) is 0 Å². The summed E-state index contributed by atoms with van der Waals surface area (Å²) in [6.07, 6.45) is 0.950. The highest BCUT2D eigenvalue weighted by molar-refractivity contribution is 5.94. The van der Waals surface area contributed by atoms with Gasteiger partial charge in [0.15, 0.2) is 0 Å². The summed E-state index contributed by atoms with van der Waals surface area (Å²) >= 11 is 0. The average molecular weight is 490 g/mol. The second kappa shape index (κ2) is 12.7. The molecule has 7 heteroatoms. The normalized spacial score (nSPS) is 14.4. The van der Waals surface area contributed by atoms with Crippen molar-refractivity contribution < 1.29 is 9.21 Å². The van der Waals surface area contributed by atoms with Crippen molar-refractivity contribution in [3.8, 4) is 11.5 Å². The van der Waals surface area contributed by atoms with Gasteiger partial charge < -0.3 is 19.5 Å². The van der Waals surface area contributed by atoms with E-state index in [1.807, 2.05) is 31.2 Å². The van der Waals surface area contributed by atoms with Crippen LogP contribution in [0, 0.1) is 6.92 Å². The Morgan fingerprint density at radius 2 is 1.69 bits per heavy atom.